The predicted octanol–water partition coefficient (Wildman–Crippen LogP) is 1.26. The molecule has 0 unspecified atom stereocenters. The van der Waals surface area contributed by atoms with Gasteiger partial charge in [-0.2, -0.15) is 0 Å². The van der Waals surface area contributed by atoms with Crippen molar-refractivity contribution in [1.29, 1.82) is 0 Å². The lowest BCUT2D eigenvalue weighted by Crippen LogP contribution is -2.28. The highest BCUT2D eigenvalue weighted by molar-refractivity contribution is 9.10. The van der Waals surface area contributed by atoms with Crippen LogP contribution in [0.2, 0.25) is 0 Å². The van der Waals surface area contributed by atoms with Crippen molar-refractivity contribution < 1.29 is 19.5 Å². The number of hydrogen-bond acceptors (Lipinski definition) is 5. The minimum Gasteiger partial charge on any atom is -0.394 e. The van der Waals surface area contributed by atoms with Crippen molar-refractivity contribution in [1.82, 2.24) is 0 Å². The second-order valence-electron chi connectivity index (χ2n) is 3.25. The summed E-state index contributed by atoms with van der Waals surface area (Å²) in [6.07, 6.45) is 0. The van der Waals surface area contributed by atoms with E-state index in [4.69, 9.17) is 10.2 Å². The highest BCUT2D eigenvalue weighted by Crippen LogP contribution is 2.30. The van der Waals surface area contributed by atoms with Crippen LogP contribution in [0.15, 0.2) is 16.6 Å². The first-order valence-electron chi connectivity index (χ1n) is 4.61. The van der Waals surface area contributed by atoms with Gasteiger partial charge < -0.3 is 15.5 Å². The van der Waals surface area contributed by atoms with E-state index in [1.54, 1.807) is 0 Å². The summed E-state index contributed by atoms with van der Waals surface area (Å²) in [7, 11) is 0. The number of aliphatic hydroxyl groups excluding tert-OH is 2. The van der Waals surface area contributed by atoms with Crippen LogP contribution in [0.25, 0.3) is 0 Å². The normalized spacial score (nSPS) is 10.6. The van der Waals surface area contributed by atoms with Gasteiger partial charge in [0.25, 0.3) is 5.69 Å². The molecule has 6 nitrogen and oxygen atoms in total. The van der Waals surface area contributed by atoms with Gasteiger partial charge in [0.05, 0.1) is 28.7 Å². The van der Waals surface area contributed by atoms with E-state index in [-0.39, 0.29) is 15.8 Å². The summed E-state index contributed by atoms with van der Waals surface area (Å²) in [6.45, 7) is -0.851. The average molecular weight is 309 g/mol. The van der Waals surface area contributed by atoms with Gasteiger partial charge in [0, 0.05) is 12.1 Å². The summed E-state index contributed by atoms with van der Waals surface area (Å²) in [5.74, 6) is -0.673. The zero-order valence-electron chi connectivity index (χ0n) is 8.56. The molecular weight excluding hydrogens is 299 g/mol. The van der Waals surface area contributed by atoms with Crippen molar-refractivity contribution in [2.45, 2.75) is 6.04 Å². The van der Waals surface area contributed by atoms with Gasteiger partial charge in [-0.25, -0.2) is 4.39 Å². The van der Waals surface area contributed by atoms with Gasteiger partial charge in [-0.1, -0.05) is 0 Å². The summed E-state index contributed by atoms with van der Waals surface area (Å²) < 4.78 is 13.2. The van der Waals surface area contributed by atoms with Crippen LogP contribution < -0.4 is 5.32 Å². The third-order valence-electron chi connectivity index (χ3n) is 2.04. The lowest BCUT2D eigenvalue weighted by atomic mass is 10.2. The minimum atomic E-state index is -0.783. The number of halogens is 2. The molecule has 0 atom stereocenters. The quantitative estimate of drug-likeness (QED) is 0.562. The van der Waals surface area contributed by atoms with E-state index < -0.39 is 30.0 Å². The Kier molecular flexibility index (Phi) is 4.79. The van der Waals surface area contributed by atoms with E-state index in [9.17, 15) is 14.5 Å². The Labute approximate surface area is 104 Å². The third kappa shape index (κ3) is 3.35. The largest absolute Gasteiger partial charge is 0.394 e. The Hall–Kier alpha value is -1.25. The molecule has 17 heavy (non-hydrogen) atoms. The lowest BCUT2D eigenvalue weighted by Gasteiger charge is -2.15. The van der Waals surface area contributed by atoms with Gasteiger partial charge >= 0.3 is 0 Å². The van der Waals surface area contributed by atoms with Crippen LogP contribution in [-0.2, 0) is 0 Å². The monoisotopic (exact) mass is 308 g/mol. The molecule has 0 heterocycles. The van der Waals surface area contributed by atoms with Crippen LogP contribution >= 0.6 is 15.9 Å². The first kappa shape index (κ1) is 13.8. The Balaban J connectivity index is 3.12. The fourth-order valence-corrected chi connectivity index (χ4v) is 1.50. The first-order chi connectivity index (χ1) is 7.99. The molecule has 0 saturated carbocycles. The van der Waals surface area contributed by atoms with Gasteiger partial charge in [-0.15, -0.1) is 0 Å². The van der Waals surface area contributed by atoms with Crippen LogP contribution in [0.5, 0.6) is 0 Å². The molecule has 0 fully saturated rings. The molecule has 0 aliphatic heterocycles. The number of nitro groups is 1. The molecule has 0 amide bonds. The third-order valence-corrected chi connectivity index (χ3v) is 2.64. The Morgan fingerprint density at radius 2 is 2.06 bits per heavy atom. The highest BCUT2D eigenvalue weighted by atomic mass is 79.9. The number of hydrogen-bond donors (Lipinski definition) is 3. The van der Waals surface area contributed by atoms with Crippen molar-refractivity contribution in [3.05, 3.63) is 32.5 Å². The number of rotatable bonds is 5. The molecule has 3 N–H and O–H groups in total. The van der Waals surface area contributed by atoms with Crippen molar-refractivity contribution in [3.8, 4) is 0 Å². The fraction of sp³-hybridized carbons (Fsp3) is 0.333. The molecular formula is C9H10BrFN2O4. The fourth-order valence-electron chi connectivity index (χ4n) is 1.17. The topological polar surface area (TPSA) is 95.6 Å². The maximum absolute atomic E-state index is 13.2. The predicted molar refractivity (Wildman–Crippen MR) is 62.3 cm³/mol. The van der Waals surface area contributed by atoms with E-state index in [1.165, 1.54) is 0 Å². The summed E-state index contributed by atoms with van der Waals surface area (Å²) in [5.41, 5.74) is -0.436. The van der Waals surface area contributed by atoms with Crippen molar-refractivity contribution in [2.75, 3.05) is 18.5 Å². The molecule has 0 aliphatic rings. The Morgan fingerprint density at radius 3 is 2.53 bits per heavy atom. The maximum Gasteiger partial charge on any atom is 0.293 e. The second-order valence-corrected chi connectivity index (χ2v) is 4.10. The summed E-state index contributed by atoms with van der Waals surface area (Å²) in [4.78, 5) is 10.1. The molecule has 0 radical (unpaired) electrons. The minimum absolute atomic E-state index is 0.0284. The van der Waals surface area contributed by atoms with E-state index >= 15 is 0 Å². The number of benzene rings is 1. The first-order valence-corrected chi connectivity index (χ1v) is 5.40. The van der Waals surface area contributed by atoms with Crippen molar-refractivity contribution in [3.63, 3.8) is 0 Å². The number of nitrogens with zero attached hydrogens (tertiary/aromatic N) is 1. The number of nitrogens with one attached hydrogen (secondary N) is 1. The Bertz CT molecular complexity index is 426. The van der Waals surface area contributed by atoms with E-state index in [2.05, 4.69) is 21.2 Å². The van der Waals surface area contributed by atoms with Gasteiger partial charge in [0.2, 0.25) is 0 Å². The highest BCUT2D eigenvalue weighted by Gasteiger charge is 2.19. The zero-order valence-corrected chi connectivity index (χ0v) is 10.1. The van der Waals surface area contributed by atoms with Crippen LogP contribution in [0.1, 0.15) is 0 Å². The van der Waals surface area contributed by atoms with Crippen molar-refractivity contribution in [2.24, 2.45) is 0 Å². The Morgan fingerprint density at radius 1 is 1.47 bits per heavy atom. The van der Waals surface area contributed by atoms with Gasteiger partial charge in [0.15, 0.2) is 0 Å². The average Bonchev–Trinajstić information content (AvgIpc) is 2.29. The zero-order chi connectivity index (χ0) is 13.0. The van der Waals surface area contributed by atoms with Crippen molar-refractivity contribution >= 4 is 27.3 Å². The standard InChI is InChI=1S/C9H10BrFN2O4/c10-6-1-9(13(16)17)8(2-7(6)11)12-5(3-14)4-15/h1-2,5,12,14-15H,3-4H2. The van der Waals surface area contributed by atoms with Crippen LogP contribution in [0, 0.1) is 15.9 Å². The van der Waals surface area contributed by atoms with Crippen LogP contribution in [-0.4, -0.2) is 34.4 Å². The summed E-state index contributed by atoms with van der Waals surface area (Å²) >= 11 is 2.84. The lowest BCUT2D eigenvalue weighted by molar-refractivity contribution is -0.384. The number of aliphatic hydroxyl groups is 2. The molecule has 94 valence electrons. The number of anilines is 1. The second kappa shape index (κ2) is 5.89. The van der Waals surface area contributed by atoms with Gasteiger partial charge in [-0.05, 0) is 15.9 Å². The smallest absolute Gasteiger partial charge is 0.293 e. The molecule has 1 rings (SSSR count). The molecule has 0 aliphatic carbocycles. The van der Waals surface area contributed by atoms with Crippen LogP contribution in [0.4, 0.5) is 15.8 Å². The molecule has 0 spiro atoms. The van der Waals surface area contributed by atoms with Gasteiger partial charge in [0.1, 0.15) is 11.5 Å². The van der Waals surface area contributed by atoms with Gasteiger partial charge in [-0.3, -0.25) is 10.1 Å². The molecule has 0 saturated heterocycles. The molecule has 1 aromatic carbocycles. The van der Waals surface area contributed by atoms with E-state index in [0.29, 0.717) is 0 Å². The number of nitro benzene ring substituents is 1. The van der Waals surface area contributed by atoms with E-state index in [0.717, 1.165) is 12.1 Å². The van der Waals surface area contributed by atoms with Crippen LogP contribution in [0.3, 0.4) is 0 Å². The maximum atomic E-state index is 13.2. The molecule has 0 bridgehead atoms. The summed E-state index contributed by atoms with van der Waals surface area (Å²) in [5, 5.41) is 30.9. The summed E-state index contributed by atoms with van der Waals surface area (Å²) in [6, 6.07) is 1.17. The SMILES string of the molecule is O=[N+]([O-])c1cc(Br)c(F)cc1NC(CO)CO. The molecule has 0 aromatic heterocycles. The molecule has 1 aromatic rings. The van der Waals surface area contributed by atoms with E-state index in [1.807, 2.05) is 0 Å². The molecule has 8 heteroatoms.